The van der Waals surface area contributed by atoms with Crippen molar-refractivity contribution in [2.45, 2.75) is 0 Å². The smallest absolute Gasteiger partial charge is 0.270 e. The van der Waals surface area contributed by atoms with Crippen LogP contribution in [0.4, 0.5) is 10.1 Å². The highest BCUT2D eigenvalue weighted by Gasteiger charge is 2.21. The first kappa shape index (κ1) is 13.8. The van der Waals surface area contributed by atoms with Gasteiger partial charge in [0.05, 0.1) is 4.92 Å². The lowest BCUT2D eigenvalue weighted by Gasteiger charge is -2.02. The van der Waals surface area contributed by atoms with Crippen LogP contribution in [0.5, 0.6) is 0 Å². The SMILES string of the molecule is Cn1c(C#N)c(-c2ccccc2F)c2cc([N+](=O)[O-])ccc21. The molecule has 0 spiro atoms. The van der Waals surface area contributed by atoms with Crippen molar-refractivity contribution in [3.8, 4) is 17.2 Å². The van der Waals surface area contributed by atoms with E-state index in [2.05, 4.69) is 6.07 Å². The summed E-state index contributed by atoms with van der Waals surface area (Å²) >= 11 is 0. The Morgan fingerprint density at radius 3 is 2.64 bits per heavy atom. The maximum Gasteiger partial charge on any atom is 0.270 e. The fourth-order valence-electron chi connectivity index (χ4n) is 2.61. The monoisotopic (exact) mass is 295 g/mol. The minimum atomic E-state index is -0.510. The molecule has 0 unspecified atom stereocenters. The van der Waals surface area contributed by atoms with E-state index in [9.17, 15) is 19.8 Å². The Labute approximate surface area is 125 Å². The van der Waals surface area contributed by atoms with Crippen LogP contribution in [0.25, 0.3) is 22.0 Å². The van der Waals surface area contributed by atoms with Crippen molar-refractivity contribution in [1.82, 2.24) is 4.57 Å². The van der Waals surface area contributed by atoms with Gasteiger partial charge in [-0.3, -0.25) is 10.1 Å². The molecule has 108 valence electrons. The number of aromatic nitrogens is 1. The Morgan fingerprint density at radius 1 is 1.27 bits per heavy atom. The van der Waals surface area contributed by atoms with Crippen molar-refractivity contribution >= 4 is 16.6 Å². The molecule has 0 amide bonds. The molecule has 5 nitrogen and oxygen atoms in total. The standard InChI is InChI=1S/C16H10FN3O2/c1-19-14-7-6-10(20(21)22)8-12(14)16(15(19)9-18)11-4-2-3-5-13(11)17/h2-8H,1H3. The second-order valence-corrected chi connectivity index (χ2v) is 4.83. The Hall–Kier alpha value is -3.20. The Balaban J connectivity index is 2.46. The van der Waals surface area contributed by atoms with E-state index >= 15 is 0 Å². The maximum atomic E-state index is 14.1. The van der Waals surface area contributed by atoms with Crippen LogP contribution in [0.15, 0.2) is 42.5 Å². The number of nitrogens with zero attached hydrogens (tertiary/aromatic N) is 3. The van der Waals surface area contributed by atoms with E-state index in [1.807, 2.05) is 0 Å². The van der Waals surface area contributed by atoms with Gasteiger partial charge in [0.25, 0.3) is 5.69 Å². The van der Waals surface area contributed by atoms with Gasteiger partial charge < -0.3 is 4.57 Å². The predicted octanol–water partition coefficient (Wildman–Crippen LogP) is 3.76. The number of non-ortho nitro benzene ring substituents is 1. The molecule has 3 rings (SSSR count). The molecule has 1 aromatic heterocycles. The van der Waals surface area contributed by atoms with Crippen LogP contribution >= 0.6 is 0 Å². The zero-order valence-corrected chi connectivity index (χ0v) is 11.6. The lowest BCUT2D eigenvalue weighted by molar-refractivity contribution is -0.384. The maximum absolute atomic E-state index is 14.1. The lowest BCUT2D eigenvalue weighted by Crippen LogP contribution is -1.93. The summed E-state index contributed by atoms with van der Waals surface area (Å²) in [6.07, 6.45) is 0. The van der Waals surface area contributed by atoms with Crippen molar-refractivity contribution in [2.75, 3.05) is 0 Å². The summed E-state index contributed by atoms with van der Waals surface area (Å²) in [4.78, 5) is 10.5. The van der Waals surface area contributed by atoms with Gasteiger partial charge in [-0.15, -0.1) is 0 Å². The molecule has 22 heavy (non-hydrogen) atoms. The topological polar surface area (TPSA) is 71.9 Å². The van der Waals surface area contributed by atoms with Gasteiger partial charge in [0, 0.05) is 41.2 Å². The number of benzene rings is 2. The molecule has 0 bridgehead atoms. The molecule has 0 aliphatic carbocycles. The molecule has 6 heteroatoms. The van der Waals surface area contributed by atoms with Crippen LogP contribution in [0.2, 0.25) is 0 Å². The number of nitro groups is 1. The molecule has 1 heterocycles. The first-order valence-electron chi connectivity index (χ1n) is 6.46. The minimum Gasteiger partial charge on any atom is -0.335 e. The third-order valence-electron chi connectivity index (χ3n) is 3.64. The number of hydrogen-bond acceptors (Lipinski definition) is 3. The second kappa shape index (κ2) is 4.97. The molecular formula is C16H10FN3O2. The summed E-state index contributed by atoms with van der Waals surface area (Å²) in [5.41, 5.74) is 1.44. The third kappa shape index (κ3) is 1.91. The van der Waals surface area contributed by atoms with Gasteiger partial charge in [-0.25, -0.2) is 4.39 Å². The molecule has 0 saturated heterocycles. The summed E-state index contributed by atoms with van der Waals surface area (Å²) in [5, 5.41) is 20.9. The molecule has 0 atom stereocenters. The summed E-state index contributed by atoms with van der Waals surface area (Å²) in [7, 11) is 1.68. The van der Waals surface area contributed by atoms with Crippen LogP contribution in [-0.2, 0) is 7.05 Å². The Morgan fingerprint density at radius 2 is 2.00 bits per heavy atom. The van der Waals surface area contributed by atoms with Gasteiger partial charge in [0.15, 0.2) is 0 Å². The van der Waals surface area contributed by atoms with Crippen LogP contribution in [-0.4, -0.2) is 9.49 Å². The fourth-order valence-corrected chi connectivity index (χ4v) is 2.61. The zero-order chi connectivity index (χ0) is 15.9. The van der Waals surface area contributed by atoms with Gasteiger partial charge in [-0.1, -0.05) is 18.2 Å². The van der Waals surface area contributed by atoms with Gasteiger partial charge in [0.2, 0.25) is 0 Å². The zero-order valence-electron chi connectivity index (χ0n) is 11.6. The second-order valence-electron chi connectivity index (χ2n) is 4.83. The van der Waals surface area contributed by atoms with Gasteiger partial charge in [0.1, 0.15) is 17.6 Å². The van der Waals surface area contributed by atoms with E-state index in [4.69, 9.17) is 0 Å². The number of nitriles is 1. The molecule has 0 aliphatic rings. The van der Waals surface area contributed by atoms with E-state index in [0.717, 1.165) is 0 Å². The summed E-state index contributed by atoms with van der Waals surface area (Å²) in [6.45, 7) is 0. The predicted molar refractivity (Wildman–Crippen MR) is 79.7 cm³/mol. The van der Waals surface area contributed by atoms with E-state index in [1.54, 1.807) is 35.9 Å². The number of halogens is 1. The molecule has 0 aliphatic heterocycles. The van der Waals surface area contributed by atoms with Crippen LogP contribution in [0, 0.1) is 27.3 Å². The molecular weight excluding hydrogens is 285 g/mol. The molecule has 3 aromatic rings. The molecule has 2 aromatic carbocycles. The summed E-state index contributed by atoms with van der Waals surface area (Å²) < 4.78 is 15.7. The number of hydrogen-bond donors (Lipinski definition) is 0. The minimum absolute atomic E-state index is 0.0971. The molecule has 0 N–H and O–H groups in total. The van der Waals surface area contributed by atoms with Crippen molar-refractivity contribution in [2.24, 2.45) is 7.05 Å². The van der Waals surface area contributed by atoms with Crippen LogP contribution in [0.1, 0.15) is 5.69 Å². The van der Waals surface area contributed by atoms with Crippen LogP contribution in [0.3, 0.4) is 0 Å². The number of aryl methyl sites for hydroxylation is 1. The van der Waals surface area contributed by atoms with Crippen LogP contribution < -0.4 is 0 Å². The van der Waals surface area contributed by atoms with E-state index in [1.165, 1.54) is 18.2 Å². The van der Waals surface area contributed by atoms with E-state index < -0.39 is 10.7 Å². The first-order valence-corrected chi connectivity index (χ1v) is 6.46. The average molecular weight is 295 g/mol. The van der Waals surface area contributed by atoms with E-state index in [0.29, 0.717) is 16.5 Å². The number of nitro benzene ring substituents is 1. The number of rotatable bonds is 2. The molecule has 0 radical (unpaired) electrons. The van der Waals surface area contributed by atoms with Crippen molar-refractivity contribution < 1.29 is 9.31 Å². The molecule has 0 saturated carbocycles. The third-order valence-corrected chi connectivity index (χ3v) is 3.64. The quantitative estimate of drug-likeness (QED) is 0.533. The highest BCUT2D eigenvalue weighted by molar-refractivity contribution is 6.00. The van der Waals surface area contributed by atoms with Crippen molar-refractivity contribution in [1.29, 1.82) is 5.26 Å². The highest BCUT2D eigenvalue weighted by atomic mass is 19.1. The van der Waals surface area contributed by atoms with Gasteiger partial charge in [-0.2, -0.15) is 5.26 Å². The van der Waals surface area contributed by atoms with Gasteiger partial charge >= 0.3 is 0 Å². The Bertz CT molecular complexity index is 954. The highest BCUT2D eigenvalue weighted by Crippen LogP contribution is 2.37. The van der Waals surface area contributed by atoms with E-state index in [-0.39, 0.29) is 16.9 Å². The summed E-state index contributed by atoms with van der Waals surface area (Å²) in [5.74, 6) is -0.474. The number of fused-ring (bicyclic) bond motifs is 1. The average Bonchev–Trinajstić information content (AvgIpc) is 2.79. The van der Waals surface area contributed by atoms with Crippen molar-refractivity contribution in [3.05, 3.63) is 64.1 Å². The van der Waals surface area contributed by atoms with Gasteiger partial charge in [-0.05, 0) is 12.1 Å². The normalized spacial score (nSPS) is 10.6. The summed E-state index contributed by atoms with van der Waals surface area (Å²) in [6, 6.07) is 12.4. The Kier molecular flexibility index (Phi) is 3.11. The fraction of sp³-hybridized carbons (Fsp3) is 0.0625. The first-order chi connectivity index (χ1) is 10.5. The van der Waals surface area contributed by atoms with Crippen molar-refractivity contribution in [3.63, 3.8) is 0 Å². The molecule has 0 fully saturated rings. The largest absolute Gasteiger partial charge is 0.335 e. The lowest BCUT2D eigenvalue weighted by atomic mass is 10.0.